The summed E-state index contributed by atoms with van der Waals surface area (Å²) in [4.78, 5) is 0. The Morgan fingerprint density at radius 2 is 1.80 bits per heavy atom. The molecule has 0 fully saturated rings. The number of nitrogens with two attached hydrogens (primary N) is 1. The molecule has 1 aromatic rings. The number of halogens is 5. The van der Waals surface area contributed by atoms with E-state index in [0.717, 1.165) is 0 Å². The maximum atomic E-state index is 13.3. The number of aliphatic hydroxyl groups excluding tert-OH is 1. The van der Waals surface area contributed by atoms with E-state index in [0.29, 0.717) is 0 Å². The van der Waals surface area contributed by atoms with E-state index in [2.05, 4.69) is 15.9 Å². The molecule has 0 aromatic heterocycles. The van der Waals surface area contributed by atoms with E-state index in [9.17, 15) is 13.2 Å². The summed E-state index contributed by atoms with van der Waals surface area (Å²) in [5.41, 5.74) is 4.81. The van der Waals surface area contributed by atoms with Crippen LogP contribution in [-0.4, -0.2) is 11.7 Å². The monoisotopic (exact) mass is 303 g/mol. The van der Waals surface area contributed by atoms with Crippen molar-refractivity contribution in [1.82, 2.24) is 0 Å². The van der Waals surface area contributed by atoms with Crippen LogP contribution in [0.5, 0.6) is 0 Å². The molecule has 1 aromatic carbocycles. The fraction of sp³-hybridized carbons (Fsp3) is 0.250. The molecule has 1 rings (SSSR count). The van der Waals surface area contributed by atoms with Gasteiger partial charge in [0, 0.05) is 5.56 Å². The second-order valence-corrected chi connectivity index (χ2v) is 3.94. The van der Waals surface area contributed by atoms with Crippen LogP contribution in [0.15, 0.2) is 4.47 Å². The van der Waals surface area contributed by atoms with Crippen LogP contribution in [0.2, 0.25) is 5.02 Å². The Hall–Kier alpha value is -0.300. The zero-order valence-corrected chi connectivity index (χ0v) is 9.54. The minimum absolute atomic E-state index is 0.382. The summed E-state index contributed by atoms with van der Waals surface area (Å²) in [6.45, 7) is -0.643. The van der Waals surface area contributed by atoms with Crippen molar-refractivity contribution in [2.45, 2.75) is 6.04 Å². The third-order valence-electron chi connectivity index (χ3n) is 1.81. The van der Waals surface area contributed by atoms with Crippen LogP contribution in [0.1, 0.15) is 11.6 Å². The Balaban J connectivity index is 3.52. The van der Waals surface area contributed by atoms with E-state index in [-0.39, 0.29) is 4.47 Å². The van der Waals surface area contributed by atoms with Gasteiger partial charge >= 0.3 is 0 Å². The second kappa shape index (κ2) is 4.69. The minimum Gasteiger partial charge on any atom is -0.394 e. The Labute approximate surface area is 97.0 Å². The summed E-state index contributed by atoms with van der Waals surface area (Å²) in [7, 11) is 0. The maximum absolute atomic E-state index is 13.3. The highest BCUT2D eigenvalue weighted by Gasteiger charge is 2.25. The van der Waals surface area contributed by atoms with Gasteiger partial charge in [0.25, 0.3) is 0 Å². The van der Waals surface area contributed by atoms with Crippen LogP contribution in [0, 0.1) is 17.5 Å². The van der Waals surface area contributed by atoms with Crippen molar-refractivity contribution in [1.29, 1.82) is 0 Å². The molecule has 1 atom stereocenters. The summed E-state index contributed by atoms with van der Waals surface area (Å²) < 4.78 is 39.1. The Kier molecular flexibility index (Phi) is 3.99. The molecule has 0 spiro atoms. The molecule has 0 saturated carbocycles. The van der Waals surface area contributed by atoms with Crippen molar-refractivity contribution >= 4 is 27.5 Å². The van der Waals surface area contributed by atoms with Crippen molar-refractivity contribution in [3.8, 4) is 0 Å². The van der Waals surface area contributed by atoms with Gasteiger partial charge in [0.15, 0.2) is 17.5 Å². The van der Waals surface area contributed by atoms with Crippen molar-refractivity contribution < 1.29 is 18.3 Å². The fourth-order valence-electron chi connectivity index (χ4n) is 1.04. The molecular weight excluding hydrogens is 298 g/mol. The Morgan fingerprint density at radius 3 is 2.27 bits per heavy atom. The van der Waals surface area contributed by atoms with E-state index < -0.39 is 40.7 Å². The molecule has 3 N–H and O–H groups in total. The normalized spacial score (nSPS) is 13.0. The van der Waals surface area contributed by atoms with Crippen LogP contribution in [-0.2, 0) is 0 Å². The molecule has 0 saturated heterocycles. The summed E-state index contributed by atoms with van der Waals surface area (Å²) in [6.07, 6.45) is 0. The summed E-state index contributed by atoms with van der Waals surface area (Å²) in [6, 6.07) is -1.22. The number of rotatable bonds is 2. The van der Waals surface area contributed by atoms with E-state index in [1.54, 1.807) is 0 Å². The third-order valence-corrected chi connectivity index (χ3v) is 2.92. The predicted molar refractivity (Wildman–Crippen MR) is 53.0 cm³/mol. The molecule has 0 bridgehead atoms. The molecule has 0 amide bonds. The van der Waals surface area contributed by atoms with Gasteiger partial charge in [0.05, 0.1) is 17.1 Å². The summed E-state index contributed by atoms with van der Waals surface area (Å²) in [5.74, 6) is -4.03. The zero-order chi connectivity index (χ0) is 11.7. The molecule has 2 nitrogen and oxygen atoms in total. The van der Waals surface area contributed by atoms with Gasteiger partial charge in [0.2, 0.25) is 0 Å². The van der Waals surface area contributed by atoms with Crippen molar-refractivity contribution in [3.05, 3.63) is 32.5 Å². The van der Waals surface area contributed by atoms with Gasteiger partial charge in [0.1, 0.15) is 5.02 Å². The number of hydrogen-bond donors (Lipinski definition) is 2. The molecule has 0 aliphatic carbocycles. The highest BCUT2D eigenvalue weighted by atomic mass is 79.9. The molecule has 0 heterocycles. The quantitative estimate of drug-likeness (QED) is 0.651. The Bertz CT molecular complexity index is 373. The van der Waals surface area contributed by atoms with Crippen molar-refractivity contribution in [2.24, 2.45) is 5.73 Å². The number of benzene rings is 1. The molecule has 0 aliphatic heterocycles. The first-order valence-electron chi connectivity index (χ1n) is 3.79. The van der Waals surface area contributed by atoms with Crippen LogP contribution >= 0.6 is 27.5 Å². The summed E-state index contributed by atoms with van der Waals surface area (Å²) in [5, 5.41) is 7.75. The highest BCUT2D eigenvalue weighted by molar-refractivity contribution is 9.10. The third kappa shape index (κ3) is 2.13. The van der Waals surface area contributed by atoms with Crippen LogP contribution in [0.4, 0.5) is 13.2 Å². The minimum atomic E-state index is -1.52. The van der Waals surface area contributed by atoms with Gasteiger partial charge in [-0.3, -0.25) is 0 Å². The first kappa shape index (κ1) is 12.8. The standard InChI is InChI=1S/C8H6BrClF3NO/c9-4-3(2(14)1-15)6(11)8(13)5(10)7(4)12/h2,15H,1,14H2. The smallest absolute Gasteiger partial charge is 0.180 e. The molecule has 1 unspecified atom stereocenters. The Morgan fingerprint density at radius 1 is 1.27 bits per heavy atom. The van der Waals surface area contributed by atoms with E-state index in [1.165, 1.54) is 0 Å². The van der Waals surface area contributed by atoms with Gasteiger partial charge in [-0.15, -0.1) is 0 Å². The van der Waals surface area contributed by atoms with E-state index >= 15 is 0 Å². The lowest BCUT2D eigenvalue weighted by Crippen LogP contribution is -2.18. The fourth-order valence-corrected chi connectivity index (χ4v) is 2.00. The zero-order valence-electron chi connectivity index (χ0n) is 7.20. The maximum Gasteiger partial charge on any atom is 0.180 e. The first-order valence-corrected chi connectivity index (χ1v) is 4.96. The van der Waals surface area contributed by atoms with Crippen LogP contribution in [0.25, 0.3) is 0 Å². The van der Waals surface area contributed by atoms with Gasteiger partial charge in [-0.25, -0.2) is 13.2 Å². The molecule has 7 heteroatoms. The molecule has 15 heavy (non-hydrogen) atoms. The van der Waals surface area contributed by atoms with Gasteiger partial charge in [-0.1, -0.05) is 11.6 Å². The lowest BCUT2D eigenvalue weighted by molar-refractivity contribution is 0.263. The van der Waals surface area contributed by atoms with E-state index in [4.69, 9.17) is 22.4 Å². The number of aliphatic hydroxyl groups is 1. The average Bonchev–Trinajstić information content (AvgIpc) is 2.23. The van der Waals surface area contributed by atoms with Gasteiger partial charge < -0.3 is 10.8 Å². The van der Waals surface area contributed by atoms with Crippen LogP contribution < -0.4 is 5.73 Å². The second-order valence-electron chi connectivity index (χ2n) is 2.77. The lowest BCUT2D eigenvalue weighted by Gasteiger charge is -2.14. The van der Waals surface area contributed by atoms with Crippen molar-refractivity contribution in [2.75, 3.05) is 6.61 Å². The molecule has 0 radical (unpaired) electrons. The topological polar surface area (TPSA) is 46.2 Å². The van der Waals surface area contributed by atoms with Gasteiger partial charge in [-0.05, 0) is 15.9 Å². The first-order chi connectivity index (χ1) is 6.91. The number of hydrogen-bond acceptors (Lipinski definition) is 2. The van der Waals surface area contributed by atoms with E-state index in [1.807, 2.05) is 0 Å². The largest absolute Gasteiger partial charge is 0.394 e. The highest BCUT2D eigenvalue weighted by Crippen LogP contribution is 2.34. The summed E-state index contributed by atoms with van der Waals surface area (Å²) >= 11 is 7.88. The van der Waals surface area contributed by atoms with Crippen LogP contribution in [0.3, 0.4) is 0 Å². The predicted octanol–water partition coefficient (Wildman–Crippen LogP) is 2.51. The molecular formula is C8H6BrClF3NO. The lowest BCUT2D eigenvalue weighted by atomic mass is 10.1. The SMILES string of the molecule is NC(CO)c1c(F)c(F)c(Cl)c(F)c1Br. The van der Waals surface area contributed by atoms with Crippen molar-refractivity contribution in [3.63, 3.8) is 0 Å². The van der Waals surface area contributed by atoms with Gasteiger partial charge in [-0.2, -0.15) is 0 Å². The molecule has 84 valence electrons. The average molecular weight is 304 g/mol. The molecule has 0 aliphatic rings.